The van der Waals surface area contributed by atoms with Gasteiger partial charge in [0.05, 0.1) is 39.2 Å². The van der Waals surface area contributed by atoms with Gasteiger partial charge in [-0.1, -0.05) is 50.6 Å². The molecule has 3 aromatic heterocycles. The second-order valence-corrected chi connectivity index (χ2v) is 24.6. The molecule has 1 saturated carbocycles. The SMILES string of the molecule is COc1cc(NC(=O)CCCN(C)[C@H]2CC[C@H](OC(=O)C(O)(c3cccs3)c3cccs3)CC2)c(Cl)cc1CNC[C@H](O[Si](C)(C)C(C)(C)C)c1ccc(O)c2[nH]c(=O)ccc12. The number of halogens is 1. The summed E-state index contributed by atoms with van der Waals surface area (Å²) in [5, 5.41) is 33.4. The molecule has 1 atom stereocenters. The molecule has 1 aliphatic rings. The summed E-state index contributed by atoms with van der Waals surface area (Å²) in [6.45, 7) is 12.5. The van der Waals surface area contributed by atoms with Crippen molar-refractivity contribution in [3.63, 3.8) is 0 Å². The molecule has 1 aliphatic carbocycles. The maximum atomic E-state index is 13.4. The highest BCUT2D eigenvalue weighted by Gasteiger charge is 2.45. The zero-order valence-corrected chi connectivity index (χ0v) is 39.9. The monoisotopic (exact) mass is 922 g/mol. The molecule has 62 heavy (non-hydrogen) atoms. The van der Waals surface area contributed by atoms with E-state index in [2.05, 4.69) is 61.4 Å². The molecule has 2 aromatic carbocycles. The Morgan fingerprint density at radius 2 is 1.69 bits per heavy atom. The number of nitrogens with zero attached hydrogens (tertiary/aromatic N) is 1. The van der Waals surface area contributed by atoms with E-state index in [1.807, 2.05) is 29.0 Å². The summed E-state index contributed by atoms with van der Waals surface area (Å²) >= 11 is 9.42. The zero-order chi connectivity index (χ0) is 44.8. The molecule has 0 saturated heterocycles. The first kappa shape index (κ1) is 47.4. The van der Waals surface area contributed by atoms with Gasteiger partial charge in [-0.05, 0) is 110 Å². The molecule has 1 amide bonds. The summed E-state index contributed by atoms with van der Waals surface area (Å²) in [5.41, 5.74) is 0.368. The number of phenolic OH excluding ortho intramolecular Hbond substituents is 1. The maximum absolute atomic E-state index is 13.4. The van der Waals surface area contributed by atoms with Gasteiger partial charge in [-0.25, -0.2) is 4.79 Å². The number of hydrogen-bond acceptors (Lipinski definition) is 12. The molecule has 0 spiro atoms. The largest absolute Gasteiger partial charge is 0.506 e. The summed E-state index contributed by atoms with van der Waals surface area (Å²) in [6, 6.07) is 17.6. The van der Waals surface area contributed by atoms with Crippen LogP contribution in [0.5, 0.6) is 11.5 Å². The molecular formula is C46H59ClN4O8S2Si. The zero-order valence-electron chi connectivity index (χ0n) is 36.5. The fourth-order valence-corrected chi connectivity index (χ4v) is 10.9. The quantitative estimate of drug-likeness (QED) is 0.0423. The van der Waals surface area contributed by atoms with Gasteiger partial charge >= 0.3 is 5.97 Å². The molecule has 3 heterocycles. The van der Waals surface area contributed by atoms with E-state index in [1.54, 1.807) is 43.5 Å². The summed E-state index contributed by atoms with van der Waals surface area (Å²) in [4.78, 5) is 44.8. The standard InChI is InChI=1S/C46H59ClN4O8S2Si/c1-45(2,3)62(6,7)59-38(32-18-20-36(52)43-33(32)19-21-42(54)50-43)28-48-27-29-25-34(47)35(26-37(29)57-5)49-41(53)13-8-22-51(4)30-14-16-31(17-15-30)58-44(55)46(56,39-11-9-23-60-39)40-12-10-24-61-40/h9-12,18-21,23-26,30-31,38,48,52,56H,8,13-17,22,27-28H2,1-7H3,(H,49,53)(H,50,54)/t30-,31-,38-/m0/s1. The van der Waals surface area contributed by atoms with Crippen LogP contribution in [0.1, 0.15) is 86.3 Å². The minimum absolute atomic E-state index is 0.00767. The third kappa shape index (κ3) is 11.0. The molecule has 6 rings (SSSR count). The average molecular weight is 924 g/mol. The Balaban J connectivity index is 0.998. The molecule has 5 N–H and O–H groups in total. The van der Waals surface area contributed by atoms with Crippen molar-refractivity contribution in [1.82, 2.24) is 15.2 Å². The van der Waals surface area contributed by atoms with E-state index >= 15 is 0 Å². The first-order chi connectivity index (χ1) is 29.4. The normalized spacial score (nSPS) is 16.7. The van der Waals surface area contributed by atoms with Crippen LogP contribution >= 0.6 is 34.3 Å². The smallest absolute Gasteiger partial charge is 0.349 e. The van der Waals surface area contributed by atoms with Crippen LogP contribution < -0.4 is 20.9 Å². The summed E-state index contributed by atoms with van der Waals surface area (Å²) in [5.74, 6) is -0.227. The number of aromatic amines is 1. The lowest BCUT2D eigenvalue weighted by Crippen LogP contribution is -2.43. The van der Waals surface area contributed by atoms with Crippen molar-refractivity contribution in [3.8, 4) is 11.5 Å². The van der Waals surface area contributed by atoms with Crippen molar-refractivity contribution < 1.29 is 33.7 Å². The summed E-state index contributed by atoms with van der Waals surface area (Å²) in [7, 11) is 1.36. The lowest BCUT2D eigenvalue weighted by molar-refractivity contribution is -0.169. The lowest BCUT2D eigenvalue weighted by Gasteiger charge is -2.39. The van der Waals surface area contributed by atoms with Gasteiger partial charge in [-0.2, -0.15) is 0 Å². The number of fused-ring (bicyclic) bond motifs is 1. The molecule has 0 aliphatic heterocycles. The van der Waals surface area contributed by atoms with Crippen molar-refractivity contribution >= 4 is 71.1 Å². The number of phenols is 1. The first-order valence-electron chi connectivity index (χ1n) is 21.0. The predicted molar refractivity (Wildman–Crippen MR) is 251 cm³/mol. The number of carbonyl (C=O) groups excluding carboxylic acids is 2. The van der Waals surface area contributed by atoms with Crippen molar-refractivity contribution in [1.29, 1.82) is 0 Å². The van der Waals surface area contributed by atoms with Gasteiger partial charge in [0.2, 0.25) is 17.1 Å². The van der Waals surface area contributed by atoms with Gasteiger partial charge in [-0.15, -0.1) is 22.7 Å². The van der Waals surface area contributed by atoms with Crippen molar-refractivity contribution in [2.75, 3.05) is 32.6 Å². The van der Waals surface area contributed by atoms with E-state index < -0.39 is 26.0 Å². The number of aliphatic hydroxyl groups is 1. The van der Waals surface area contributed by atoms with Gasteiger partial charge in [-0.3, -0.25) is 9.59 Å². The lowest BCUT2D eigenvalue weighted by atomic mass is 9.91. The van der Waals surface area contributed by atoms with E-state index in [0.717, 1.165) is 30.5 Å². The first-order valence-corrected chi connectivity index (χ1v) is 26.1. The number of esters is 1. The number of pyridine rings is 1. The minimum atomic E-state index is -2.28. The molecule has 16 heteroatoms. The number of ether oxygens (including phenoxy) is 2. The number of aromatic hydroxyl groups is 1. The number of aromatic nitrogens is 1. The van der Waals surface area contributed by atoms with E-state index in [4.69, 9.17) is 25.5 Å². The summed E-state index contributed by atoms with van der Waals surface area (Å²) in [6.07, 6.45) is 3.36. The van der Waals surface area contributed by atoms with Gasteiger partial charge in [0.25, 0.3) is 0 Å². The van der Waals surface area contributed by atoms with Crippen LogP contribution in [0.15, 0.2) is 76.2 Å². The van der Waals surface area contributed by atoms with Gasteiger partial charge in [0, 0.05) is 48.6 Å². The Hall–Kier alpha value is -4.06. The van der Waals surface area contributed by atoms with Crippen molar-refractivity contribution in [2.45, 2.75) is 108 Å². The highest BCUT2D eigenvalue weighted by Crippen LogP contribution is 2.42. The average Bonchev–Trinajstić information content (AvgIpc) is 3.98. The Kier molecular flexibility index (Phi) is 15.4. The number of anilines is 1. The fraction of sp³-hybridized carbons (Fsp3) is 0.457. The number of amides is 1. The highest BCUT2D eigenvalue weighted by atomic mass is 35.5. The molecule has 0 unspecified atom stereocenters. The number of H-pyrrole nitrogens is 1. The number of nitrogens with one attached hydrogen (secondary N) is 3. The van der Waals surface area contributed by atoms with E-state index in [9.17, 15) is 24.6 Å². The molecule has 0 radical (unpaired) electrons. The van der Waals surface area contributed by atoms with Crippen LogP contribution in [-0.2, 0) is 30.9 Å². The number of rotatable bonds is 18. The number of methoxy groups -OCH3 is 1. The number of hydrogen-bond donors (Lipinski definition) is 5. The van der Waals surface area contributed by atoms with Gasteiger partial charge in [0.1, 0.15) is 17.6 Å². The maximum Gasteiger partial charge on any atom is 0.349 e. The van der Waals surface area contributed by atoms with Crippen LogP contribution in [0.4, 0.5) is 5.69 Å². The minimum Gasteiger partial charge on any atom is -0.506 e. The number of benzene rings is 2. The molecule has 1 fully saturated rings. The molecule has 5 aromatic rings. The fourth-order valence-electron chi connectivity index (χ4n) is 7.66. The Bertz CT molecular complexity index is 2320. The van der Waals surface area contributed by atoms with Crippen molar-refractivity contribution in [3.05, 3.63) is 108 Å². The third-order valence-electron chi connectivity index (χ3n) is 12.3. The highest BCUT2D eigenvalue weighted by molar-refractivity contribution is 7.12. The van der Waals surface area contributed by atoms with E-state index in [1.165, 1.54) is 28.7 Å². The Labute approximate surface area is 377 Å². The molecule has 12 nitrogen and oxygen atoms in total. The van der Waals surface area contributed by atoms with Crippen LogP contribution in [0.25, 0.3) is 10.9 Å². The summed E-state index contributed by atoms with van der Waals surface area (Å²) < 4.78 is 18.6. The van der Waals surface area contributed by atoms with E-state index in [0.29, 0.717) is 81.9 Å². The topological polar surface area (TPSA) is 162 Å². The molecular weight excluding hydrogens is 864 g/mol. The van der Waals surface area contributed by atoms with Crippen LogP contribution in [0.2, 0.25) is 23.2 Å². The van der Waals surface area contributed by atoms with Crippen molar-refractivity contribution in [2.24, 2.45) is 0 Å². The Morgan fingerprint density at radius 1 is 1.02 bits per heavy atom. The van der Waals surface area contributed by atoms with Gasteiger partial charge in [0.15, 0.2) is 8.32 Å². The van der Waals surface area contributed by atoms with Crippen LogP contribution in [0.3, 0.4) is 0 Å². The molecule has 334 valence electrons. The van der Waals surface area contributed by atoms with Crippen LogP contribution in [-0.4, -0.2) is 79.7 Å². The predicted octanol–water partition coefficient (Wildman–Crippen LogP) is 9.31. The number of thiophene rings is 2. The van der Waals surface area contributed by atoms with Gasteiger partial charge < -0.3 is 44.6 Å². The van der Waals surface area contributed by atoms with E-state index in [-0.39, 0.29) is 28.4 Å². The third-order valence-corrected chi connectivity index (χ3v) is 19.0. The second kappa shape index (κ2) is 20.2. The number of carbonyl (C=O) groups is 2. The van der Waals surface area contributed by atoms with Crippen LogP contribution in [0, 0.1) is 0 Å². The molecule has 0 bridgehead atoms. The Morgan fingerprint density at radius 3 is 2.31 bits per heavy atom. The second-order valence-electron chi connectivity index (χ2n) is 17.6.